The van der Waals surface area contributed by atoms with Gasteiger partial charge < -0.3 is 4.74 Å². The molecule has 4 nitrogen and oxygen atoms in total. The van der Waals surface area contributed by atoms with Crippen molar-refractivity contribution in [2.24, 2.45) is 0 Å². The van der Waals surface area contributed by atoms with Crippen molar-refractivity contribution in [1.29, 1.82) is 0 Å². The lowest BCUT2D eigenvalue weighted by molar-refractivity contribution is 0.0587. The van der Waals surface area contributed by atoms with Gasteiger partial charge in [-0.1, -0.05) is 18.3 Å². The van der Waals surface area contributed by atoms with Crippen LogP contribution >= 0.6 is 11.5 Å². The number of hydrogen-bond donors (Lipinski definition) is 0. The molecule has 0 aliphatic rings. The van der Waals surface area contributed by atoms with E-state index in [0.717, 1.165) is 17.2 Å². The summed E-state index contributed by atoms with van der Waals surface area (Å²) in [5.41, 5.74) is 0.775. The van der Waals surface area contributed by atoms with E-state index in [4.69, 9.17) is 4.74 Å². The highest BCUT2D eigenvalue weighted by atomic mass is 32.1. The largest absolute Gasteiger partial charge is 0.371 e. The summed E-state index contributed by atoms with van der Waals surface area (Å²) in [6.07, 6.45) is 0.0670. The number of carbonyl (C=O) groups excluding carboxylic acids is 1. The van der Waals surface area contributed by atoms with Crippen molar-refractivity contribution in [3.8, 4) is 0 Å². The summed E-state index contributed by atoms with van der Waals surface area (Å²) in [6.45, 7) is 7.91. The zero-order valence-electron chi connectivity index (χ0n) is 9.48. The van der Waals surface area contributed by atoms with Gasteiger partial charge in [-0.2, -0.15) is 0 Å². The number of ketones is 1. The number of carbonyl (C=O) groups is 1. The molecule has 5 heteroatoms. The molecule has 0 fully saturated rings. The molecule has 0 aliphatic carbocycles. The molecule has 0 radical (unpaired) electrons. The minimum atomic E-state index is -0.0256. The van der Waals surface area contributed by atoms with E-state index in [1.54, 1.807) is 0 Å². The van der Waals surface area contributed by atoms with Crippen LogP contribution in [0.1, 0.15) is 49.0 Å². The fourth-order valence-corrected chi connectivity index (χ4v) is 1.82. The molecule has 0 spiro atoms. The maximum absolute atomic E-state index is 11.7. The molecule has 0 unspecified atom stereocenters. The van der Waals surface area contributed by atoms with Crippen LogP contribution in [0.5, 0.6) is 0 Å². The maximum atomic E-state index is 11.7. The minimum Gasteiger partial charge on any atom is -0.371 e. The Morgan fingerprint density at radius 2 is 2.07 bits per heavy atom. The van der Waals surface area contributed by atoms with E-state index in [-0.39, 0.29) is 24.4 Å². The van der Waals surface area contributed by atoms with E-state index >= 15 is 0 Å². The second kappa shape index (κ2) is 5.32. The third-order valence-corrected chi connectivity index (χ3v) is 2.64. The van der Waals surface area contributed by atoms with Crippen LogP contribution in [-0.2, 0) is 4.74 Å². The van der Waals surface area contributed by atoms with Gasteiger partial charge in [0.15, 0.2) is 0 Å². The van der Waals surface area contributed by atoms with Crippen molar-refractivity contribution in [3.63, 3.8) is 0 Å². The second-order valence-corrected chi connectivity index (χ2v) is 4.68. The fourth-order valence-electron chi connectivity index (χ4n) is 1.08. The van der Waals surface area contributed by atoms with Crippen LogP contribution in [0.25, 0.3) is 0 Å². The van der Waals surface area contributed by atoms with E-state index in [2.05, 4.69) is 9.59 Å². The van der Waals surface area contributed by atoms with Gasteiger partial charge in [0.25, 0.3) is 0 Å². The van der Waals surface area contributed by atoms with E-state index in [1.807, 2.05) is 27.7 Å². The molecule has 15 heavy (non-hydrogen) atoms. The zero-order valence-corrected chi connectivity index (χ0v) is 10.3. The first-order chi connectivity index (χ1) is 7.02. The van der Waals surface area contributed by atoms with Crippen LogP contribution < -0.4 is 0 Å². The van der Waals surface area contributed by atoms with Gasteiger partial charge in [-0.15, -0.1) is 5.10 Å². The highest BCUT2D eigenvalue weighted by Gasteiger charge is 2.18. The summed E-state index contributed by atoms with van der Waals surface area (Å²) < 4.78 is 9.07. The molecule has 0 N–H and O–H groups in total. The molecule has 0 saturated heterocycles. The number of nitrogens with zero attached hydrogens (tertiary/aromatic N) is 2. The van der Waals surface area contributed by atoms with Gasteiger partial charge in [0.1, 0.15) is 11.5 Å². The Hall–Kier alpha value is -0.810. The highest BCUT2D eigenvalue weighted by molar-refractivity contribution is 7.08. The van der Waals surface area contributed by atoms with Crippen LogP contribution in [0, 0.1) is 0 Å². The zero-order chi connectivity index (χ0) is 11.4. The summed E-state index contributed by atoms with van der Waals surface area (Å²) in [5.74, 6) is 0.198. The lowest BCUT2D eigenvalue weighted by Gasteiger charge is -2.06. The molecule has 1 rings (SSSR count). The molecule has 1 aromatic rings. The number of rotatable bonds is 5. The lowest BCUT2D eigenvalue weighted by Crippen LogP contribution is -2.14. The van der Waals surface area contributed by atoms with Crippen LogP contribution in [0.4, 0.5) is 0 Å². The van der Waals surface area contributed by atoms with Gasteiger partial charge in [-0.25, -0.2) is 0 Å². The standard InChI is InChI=1S/C10H16N2O2S/c1-6(2)9-10(15-12-11-9)8(13)5-14-7(3)4/h6-7H,5H2,1-4H3. The number of ether oxygens (including phenoxy) is 1. The van der Waals surface area contributed by atoms with E-state index < -0.39 is 0 Å². The van der Waals surface area contributed by atoms with Gasteiger partial charge >= 0.3 is 0 Å². The summed E-state index contributed by atoms with van der Waals surface area (Å²) in [5, 5.41) is 3.96. The topological polar surface area (TPSA) is 52.1 Å². The van der Waals surface area contributed by atoms with Crippen molar-refractivity contribution in [1.82, 2.24) is 9.59 Å². The van der Waals surface area contributed by atoms with Gasteiger partial charge in [0, 0.05) is 0 Å². The molecule has 0 aromatic carbocycles. The average Bonchev–Trinajstić information content (AvgIpc) is 2.62. The van der Waals surface area contributed by atoms with Crippen LogP contribution in [0.15, 0.2) is 0 Å². The molecule has 0 bridgehead atoms. The molecular formula is C10H16N2O2S. The van der Waals surface area contributed by atoms with Gasteiger partial charge in [-0.05, 0) is 31.3 Å². The molecule has 0 atom stereocenters. The molecule has 0 amide bonds. The van der Waals surface area contributed by atoms with Gasteiger partial charge in [0.05, 0.1) is 11.8 Å². The quantitative estimate of drug-likeness (QED) is 0.725. The highest BCUT2D eigenvalue weighted by Crippen LogP contribution is 2.20. The number of aromatic nitrogens is 2. The van der Waals surface area contributed by atoms with Crippen LogP contribution in [-0.4, -0.2) is 28.1 Å². The Balaban J connectivity index is 2.69. The fraction of sp³-hybridized carbons (Fsp3) is 0.700. The van der Waals surface area contributed by atoms with Crippen molar-refractivity contribution in [3.05, 3.63) is 10.6 Å². The molecule has 0 saturated carbocycles. The molecule has 1 aromatic heterocycles. The van der Waals surface area contributed by atoms with Crippen LogP contribution in [0.3, 0.4) is 0 Å². The first kappa shape index (κ1) is 12.3. The summed E-state index contributed by atoms with van der Waals surface area (Å²) in [4.78, 5) is 12.4. The third-order valence-electron chi connectivity index (χ3n) is 1.86. The molecule has 1 heterocycles. The third kappa shape index (κ3) is 3.35. The number of Topliss-reactive ketones (excluding diaryl/α,β-unsaturated/α-hetero) is 1. The lowest BCUT2D eigenvalue weighted by atomic mass is 10.1. The normalized spacial score (nSPS) is 11.3. The summed E-state index contributed by atoms with van der Waals surface area (Å²) in [7, 11) is 0. The molecular weight excluding hydrogens is 212 g/mol. The smallest absolute Gasteiger partial charge is 0.201 e. The SMILES string of the molecule is CC(C)OCC(=O)c1snnc1C(C)C. The monoisotopic (exact) mass is 228 g/mol. The summed E-state index contributed by atoms with van der Waals surface area (Å²) in [6, 6.07) is 0. The average molecular weight is 228 g/mol. The Morgan fingerprint density at radius 3 is 2.60 bits per heavy atom. The second-order valence-electron chi connectivity index (χ2n) is 3.92. The van der Waals surface area contributed by atoms with Crippen molar-refractivity contribution in [2.75, 3.05) is 6.61 Å². The summed E-state index contributed by atoms with van der Waals surface area (Å²) >= 11 is 1.15. The molecule has 0 aliphatic heterocycles. The van der Waals surface area contributed by atoms with Gasteiger partial charge in [0.2, 0.25) is 5.78 Å². The Kier molecular flexibility index (Phi) is 4.35. The van der Waals surface area contributed by atoms with E-state index in [9.17, 15) is 4.79 Å². The Morgan fingerprint density at radius 1 is 1.40 bits per heavy atom. The van der Waals surface area contributed by atoms with E-state index in [1.165, 1.54) is 0 Å². The van der Waals surface area contributed by atoms with E-state index in [0.29, 0.717) is 4.88 Å². The molecule has 84 valence electrons. The van der Waals surface area contributed by atoms with Crippen molar-refractivity contribution < 1.29 is 9.53 Å². The predicted molar refractivity (Wildman–Crippen MR) is 59.4 cm³/mol. The first-order valence-corrected chi connectivity index (χ1v) is 5.76. The minimum absolute atomic E-state index is 0.0256. The maximum Gasteiger partial charge on any atom is 0.201 e. The van der Waals surface area contributed by atoms with Crippen molar-refractivity contribution >= 4 is 17.3 Å². The van der Waals surface area contributed by atoms with Crippen molar-refractivity contribution in [2.45, 2.75) is 39.7 Å². The Bertz CT molecular complexity index is 334. The number of hydrogen-bond acceptors (Lipinski definition) is 5. The Labute approximate surface area is 93.8 Å². The van der Waals surface area contributed by atoms with Crippen LogP contribution in [0.2, 0.25) is 0 Å². The first-order valence-electron chi connectivity index (χ1n) is 4.99. The van der Waals surface area contributed by atoms with Gasteiger partial charge in [-0.3, -0.25) is 4.79 Å². The predicted octanol–water partition coefficient (Wildman–Crippen LogP) is 2.27.